The van der Waals surface area contributed by atoms with Gasteiger partial charge in [-0.15, -0.1) is 0 Å². The van der Waals surface area contributed by atoms with Crippen molar-refractivity contribution in [2.75, 3.05) is 13.2 Å². The Morgan fingerprint density at radius 3 is 1.60 bits per heavy atom. The van der Waals surface area contributed by atoms with Gasteiger partial charge in [0.25, 0.3) is 0 Å². The number of hydrogen-bond acceptors (Lipinski definition) is 6. The lowest BCUT2D eigenvalue weighted by atomic mass is 10.0. The van der Waals surface area contributed by atoms with Gasteiger partial charge in [0, 0.05) is 12.8 Å². The SMILES string of the molecule is CC/C=C/C=C/C=C/C=C/CCCCCCCC(=O)O[C@H](COC(=O)CCCCCCCCCCCCCC)COP(=O)(O)O. The first-order valence-electron chi connectivity index (χ1n) is 17.5. The van der Waals surface area contributed by atoms with Gasteiger partial charge in [-0.3, -0.25) is 14.1 Å². The highest BCUT2D eigenvalue weighted by atomic mass is 31.2. The summed E-state index contributed by atoms with van der Waals surface area (Å²) < 4.78 is 26.2. The molecule has 9 heteroatoms. The van der Waals surface area contributed by atoms with Crippen LogP contribution >= 0.6 is 7.82 Å². The second-order valence-electron chi connectivity index (χ2n) is 11.6. The summed E-state index contributed by atoms with van der Waals surface area (Å²) in [6.45, 7) is 3.50. The second kappa shape index (κ2) is 32.0. The van der Waals surface area contributed by atoms with E-state index in [4.69, 9.17) is 19.3 Å². The summed E-state index contributed by atoms with van der Waals surface area (Å²) in [6, 6.07) is 0. The molecule has 45 heavy (non-hydrogen) atoms. The molecular formula is C36H63O8P. The predicted molar refractivity (Wildman–Crippen MR) is 184 cm³/mol. The van der Waals surface area contributed by atoms with Crippen LogP contribution in [0, 0.1) is 0 Å². The average molecular weight is 655 g/mol. The summed E-state index contributed by atoms with van der Waals surface area (Å²) in [5.74, 6) is -0.915. The van der Waals surface area contributed by atoms with Crippen molar-refractivity contribution in [3.05, 3.63) is 48.6 Å². The largest absolute Gasteiger partial charge is 0.469 e. The van der Waals surface area contributed by atoms with E-state index in [2.05, 4.69) is 30.5 Å². The highest BCUT2D eigenvalue weighted by Crippen LogP contribution is 2.35. The smallest absolute Gasteiger partial charge is 0.462 e. The Morgan fingerprint density at radius 1 is 0.600 bits per heavy atom. The van der Waals surface area contributed by atoms with Gasteiger partial charge in [-0.25, -0.2) is 4.57 Å². The van der Waals surface area contributed by atoms with E-state index >= 15 is 0 Å². The van der Waals surface area contributed by atoms with Crippen LogP contribution in [0.5, 0.6) is 0 Å². The van der Waals surface area contributed by atoms with Crippen molar-refractivity contribution >= 4 is 19.8 Å². The van der Waals surface area contributed by atoms with Crippen LogP contribution < -0.4 is 0 Å². The number of esters is 2. The minimum Gasteiger partial charge on any atom is -0.462 e. The normalized spacial score (nSPS) is 13.1. The lowest BCUT2D eigenvalue weighted by molar-refractivity contribution is -0.161. The quantitative estimate of drug-likeness (QED) is 0.0328. The third-order valence-electron chi connectivity index (χ3n) is 7.21. The third-order valence-corrected chi connectivity index (χ3v) is 7.69. The van der Waals surface area contributed by atoms with Crippen LogP contribution in [0.25, 0.3) is 0 Å². The molecule has 0 aliphatic carbocycles. The molecule has 0 unspecified atom stereocenters. The van der Waals surface area contributed by atoms with Gasteiger partial charge in [0.05, 0.1) is 6.61 Å². The van der Waals surface area contributed by atoms with E-state index in [-0.39, 0.29) is 19.4 Å². The molecule has 0 aromatic heterocycles. The van der Waals surface area contributed by atoms with Crippen molar-refractivity contribution in [3.8, 4) is 0 Å². The molecule has 0 bridgehead atoms. The molecule has 0 fully saturated rings. The Labute approximate surface area is 274 Å². The zero-order chi connectivity index (χ0) is 33.3. The first-order valence-corrected chi connectivity index (χ1v) is 19.0. The number of phosphoric acid groups is 1. The van der Waals surface area contributed by atoms with Crippen LogP contribution in [0.15, 0.2) is 48.6 Å². The molecule has 260 valence electrons. The monoisotopic (exact) mass is 654 g/mol. The van der Waals surface area contributed by atoms with Crippen LogP contribution in [-0.2, 0) is 28.2 Å². The number of unbranched alkanes of at least 4 members (excludes halogenated alkanes) is 16. The molecule has 0 saturated carbocycles. The maximum absolute atomic E-state index is 12.3. The Bertz CT molecular complexity index is 874. The number of ether oxygens (including phenoxy) is 2. The number of phosphoric ester groups is 1. The molecule has 0 radical (unpaired) electrons. The van der Waals surface area contributed by atoms with E-state index in [0.29, 0.717) is 6.42 Å². The maximum Gasteiger partial charge on any atom is 0.469 e. The molecule has 0 rings (SSSR count). The van der Waals surface area contributed by atoms with E-state index in [1.165, 1.54) is 57.8 Å². The highest BCUT2D eigenvalue weighted by molar-refractivity contribution is 7.46. The number of carbonyl (C=O) groups is 2. The van der Waals surface area contributed by atoms with Crippen molar-refractivity contribution in [2.45, 2.75) is 155 Å². The molecule has 0 aromatic rings. The fourth-order valence-electron chi connectivity index (χ4n) is 4.62. The number of allylic oxidation sites excluding steroid dienone is 8. The molecule has 1 atom stereocenters. The molecule has 0 aliphatic rings. The highest BCUT2D eigenvalue weighted by Gasteiger charge is 2.22. The first kappa shape index (κ1) is 43.0. The van der Waals surface area contributed by atoms with Crippen molar-refractivity contribution in [2.24, 2.45) is 0 Å². The van der Waals surface area contributed by atoms with Gasteiger partial charge in [0.15, 0.2) is 6.10 Å². The zero-order valence-electron chi connectivity index (χ0n) is 28.3. The van der Waals surface area contributed by atoms with E-state index in [1.807, 2.05) is 36.5 Å². The van der Waals surface area contributed by atoms with E-state index in [9.17, 15) is 14.2 Å². The minimum absolute atomic E-state index is 0.185. The third kappa shape index (κ3) is 34.7. The first-order chi connectivity index (χ1) is 21.8. The number of hydrogen-bond donors (Lipinski definition) is 2. The lowest BCUT2D eigenvalue weighted by Crippen LogP contribution is -2.29. The van der Waals surface area contributed by atoms with E-state index in [0.717, 1.165) is 57.8 Å². The molecule has 0 spiro atoms. The van der Waals surface area contributed by atoms with Crippen LogP contribution in [0.2, 0.25) is 0 Å². The summed E-state index contributed by atoms with van der Waals surface area (Å²) in [5, 5.41) is 0. The van der Waals surface area contributed by atoms with Gasteiger partial charge in [-0.05, 0) is 32.1 Å². The summed E-state index contributed by atoms with van der Waals surface area (Å²) in [7, 11) is -4.75. The van der Waals surface area contributed by atoms with Crippen molar-refractivity contribution < 1.29 is 37.9 Å². The maximum atomic E-state index is 12.3. The Balaban J connectivity index is 4.06. The Hall–Kier alpha value is -1.99. The van der Waals surface area contributed by atoms with Crippen LogP contribution in [-0.4, -0.2) is 41.0 Å². The summed E-state index contributed by atoms with van der Waals surface area (Å²) in [6.07, 6.45) is 36.9. The molecule has 0 aromatic carbocycles. The van der Waals surface area contributed by atoms with Gasteiger partial charge in [-0.2, -0.15) is 0 Å². The van der Waals surface area contributed by atoms with Gasteiger partial charge >= 0.3 is 19.8 Å². The van der Waals surface area contributed by atoms with Gasteiger partial charge in [0.2, 0.25) is 0 Å². The van der Waals surface area contributed by atoms with E-state index in [1.54, 1.807) is 0 Å². The second-order valence-corrected chi connectivity index (χ2v) is 12.8. The molecule has 0 amide bonds. The molecular weight excluding hydrogens is 591 g/mol. The predicted octanol–water partition coefficient (Wildman–Crippen LogP) is 10.0. The van der Waals surface area contributed by atoms with Crippen LogP contribution in [0.4, 0.5) is 0 Å². The van der Waals surface area contributed by atoms with Crippen molar-refractivity contribution in [1.82, 2.24) is 0 Å². The lowest BCUT2D eigenvalue weighted by Gasteiger charge is -2.18. The van der Waals surface area contributed by atoms with Gasteiger partial charge in [0.1, 0.15) is 6.61 Å². The molecule has 0 heterocycles. The summed E-state index contributed by atoms with van der Waals surface area (Å²) >= 11 is 0. The molecule has 2 N–H and O–H groups in total. The minimum atomic E-state index is -4.75. The molecule has 0 aliphatic heterocycles. The summed E-state index contributed by atoms with van der Waals surface area (Å²) in [5.41, 5.74) is 0. The van der Waals surface area contributed by atoms with Gasteiger partial charge in [-0.1, -0.05) is 152 Å². The topological polar surface area (TPSA) is 119 Å². The fraction of sp³-hybridized carbons (Fsp3) is 0.722. The van der Waals surface area contributed by atoms with E-state index < -0.39 is 32.5 Å². The molecule has 0 saturated heterocycles. The fourth-order valence-corrected chi connectivity index (χ4v) is 4.98. The number of rotatable bonds is 31. The molecule has 8 nitrogen and oxygen atoms in total. The van der Waals surface area contributed by atoms with Gasteiger partial charge < -0.3 is 19.3 Å². The van der Waals surface area contributed by atoms with Crippen molar-refractivity contribution in [3.63, 3.8) is 0 Å². The number of carbonyl (C=O) groups excluding carboxylic acids is 2. The zero-order valence-corrected chi connectivity index (χ0v) is 29.1. The standard InChI is InChI=1S/C36H63O8P/c1-3-5-7-9-11-13-15-17-18-19-21-23-25-27-29-31-36(38)44-34(33-43-45(39,40)41)32-42-35(37)30-28-26-24-22-20-16-14-12-10-8-6-4-2/h5,7,9,11,13,15,17-18,34H,3-4,6,8,10,12,14,16,19-33H2,1-2H3,(H2,39,40,41)/b7-5+,11-9+,15-13+,18-17+/t34-/m1/s1. The summed E-state index contributed by atoms with van der Waals surface area (Å²) in [4.78, 5) is 42.6. The Kier molecular flexibility index (Phi) is 30.6. The Morgan fingerprint density at radius 2 is 1.07 bits per heavy atom. The average Bonchev–Trinajstić information content (AvgIpc) is 3.00. The van der Waals surface area contributed by atoms with Crippen LogP contribution in [0.1, 0.15) is 149 Å². The van der Waals surface area contributed by atoms with Crippen LogP contribution in [0.3, 0.4) is 0 Å². The van der Waals surface area contributed by atoms with Crippen molar-refractivity contribution in [1.29, 1.82) is 0 Å².